The SMILES string of the molecule is COc1ccnc(N2CCN(C(=O)c3cccc(Cl)c3)CC2)n1.Cl. The maximum Gasteiger partial charge on any atom is 0.254 e. The molecule has 8 heteroatoms. The van der Waals surface area contributed by atoms with Gasteiger partial charge in [-0.25, -0.2) is 4.98 Å². The number of hydrogen-bond donors (Lipinski definition) is 0. The molecular weight excluding hydrogens is 351 g/mol. The fourth-order valence-corrected chi connectivity index (χ4v) is 2.70. The maximum atomic E-state index is 12.5. The number of amides is 1. The number of piperazine rings is 1. The molecule has 1 aliphatic rings. The topological polar surface area (TPSA) is 58.6 Å². The molecule has 1 aromatic heterocycles. The number of halogens is 2. The van der Waals surface area contributed by atoms with Gasteiger partial charge in [0, 0.05) is 49.0 Å². The van der Waals surface area contributed by atoms with E-state index >= 15 is 0 Å². The van der Waals surface area contributed by atoms with Crippen LogP contribution in [0.1, 0.15) is 10.4 Å². The molecule has 0 saturated carbocycles. The minimum Gasteiger partial charge on any atom is -0.481 e. The van der Waals surface area contributed by atoms with Gasteiger partial charge in [0.1, 0.15) is 0 Å². The molecular formula is C16H18Cl2N4O2. The van der Waals surface area contributed by atoms with E-state index in [1.54, 1.807) is 43.6 Å². The summed E-state index contributed by atoms with van der Waals surface area (Å²) < 4.78 is 5.12. The van der Waals surface area contributed by atoms with Crippen LogP contribution in [0.4, 0.5) is 5.95 Å². The number of aromatic nitrogens is 2. The van der Waals surface area contributed by atoms with Crippen LogP contribution in [0.5, 0.6) is 5.88 Å². The van der Waals surface area contributed by atoms with E-state index < -0.39 is 0 Å². The van der Waals surface area contributed by atoms with Crippen LogP contribution in [-0.4, -0.2) is 54.1 Å². The monoisotopic (exact) mass is 368 g/mol. The predicted molar refractivity (Wildman–Crippen MR) is 95.4 cm³/mol. The molecule has 128 valence electrons. The third kappa shape index (κ3) is 4.07. The summed E-state index contributed by atoms with van der Waals surface area (Å²) >= 11 is 5.95. The Morgan fingerprint density at radius 3 is 2.62 bits per heavy atom. The average Bonchev–Trinajstić information content (AvgIpc) is 2.61. The van der Waals surface area contributed by atoms with Crippen LogP contribution in [0.15, 0.2) is 36.5 Å². The molecule has 3 rings (SSSR count). The van der Waals surface area contributed by atoms with E-state index in [1.807, 2.05) is 9.80 Å². The number of carbonyl (C=O) groups excluding carboxylic acids is 1. The third-order valence-electron chi connectivity index (χ3n) is 3.75. The lowest BCUT2D eigenvalue weighted by Gasteiger charge is -2.34. The van der Waals surface area contributed by atoms with Crippen molar-refractivity contribution >= 4 is 35.9 Å². The molecule has 6 nitrogen and oxygen atoms in total. The summed E-state index contributed by atoms with van der Waals surface area (Å²) in [4.78, 5) is 25.0. The van der Waals surface area contributed by atoms with Gasteiger partial charge in [-0.1, -0.05) is 17.7 Å². The molecule has 1 aliphatic heterocycles. The summed E-state index contributed by atoms with van der Waals surface area (Å²) in [7, 11) is 1.58. The fraction of sp³-hybridized carbons (Fsp3) is 0.312. The molecule has 0 unspecified atom stereocenters. The van der Waals surface area contributed by atoms with Gasteiger partial charge in [0.2, 0.25) is 11.8 Å². The van der Waals surface area contributed by atoms with Crippen molar-refractivity contribution in [3.8, 4) is 5.88 Å². The second-order valence-electron chi connectivity index (χ2n) is 5.19. The van der Waals surface area contributed by atoms with E-state index in [0.717, 1.165) is 0 Å². The van der Waals surface area contributed by atoms with E-state index in [0.29, 0.717) is 48.6 Å². The summed E-state index contributed by atoms with van der Waals surface area (Å²) in [5.41, 5.74) is 0.614. The molecule has 1 saturated heterocycles. The Bertz CT molecular complexity index is 706. The van der Waals surface area contributed by atoms with E-state index in [2.05, 4.69) is 9.97 Å². The zero-order chi connectivity index (χ0) is 16.2. The molecule has 1 fully saturated rings. The van der Waals surface area contributed by atoms with Gasteiger partial charge in [-0.3, -0.25) is 4.79 Å². The summed E-state index contributed by atoms with van der Waals surface area (Å²) in [5, 5.41) is 0.569. The van der Waals surface area contributed by atoms with Crippen molar-refractivity contribution in [1.29, 1.82) is 0 Å². The van der Waals surface area contributed by atoms with E-state index in [4.69, 9.17) is 16.3 Å². The first-order valence-corrected chi connectivity index (χ1v) is 7.72. The average molecular weight is 369 g/mol. The van der Waals surface area contributed by atoms with E-state index in [9.17, 15) is 4.79 Å². The Labute approximate surface area is 151 Å². The second-order valence-corrected chi connectivity index (χ2v) is 5.63. The summed E-state index contributed by atoms with van der Waals surface area (Å²) in [6.45, 7) is 2.59. The van der Waals surface area contributed by atoms with Gasteiger partial charge in [0.25, 0.3) is 5.91 Å². The first-order chi connectivity index (χ1) is 11.2. The first kappa shape index (κ1) is 18.3. The van der Waals surface area contributed by atoms with Crippen LogP contribution in [0.25, 0.3) is 0 Å². The standard InChI is InChI=1S/C16H17ClN4O2.ClH/c1-23-14-5-6-18-16(19-14)21-9-7-20(8-10-21)15(22)12-3-2-4-13(17)11-12;/h2-6,11H,7-10H2,1H3;1H. The highest BCUT2D eigenvalue weighted by Crippen LogP contribution is 2.17. The molecule has 1 amide bonds. The number of benzene rings is 1. The Balaban J connectivity index is 0.00000208. The Morgan fingerprint density at radius 1 is 1.21 bits per heavy atom. The Morgan fingerprint density at radius 2 is 1.96 bits per heavy atom. The summed E-state index contributed by atoms with van der Waals surface area (Å²) in [6, 6.07) is 8.74. The van der Waals surface area contributed by atoms with Gasteiger partial charge in [0.05, 0.1) is 7.11 Å². The quantitative estimate of drug-likeness (QED) is 0.832. The van der Waals surface area contributed by atoms with Gasteiger partial charge in [-0.2, -0.15) is 4.98 Å². The number of hydrogen-bond acceptors (Lipinski definition) is 5. The second kappa shape index (κ2) is 8.17. The summed E-state index contributed by atoms with van der Waals surface area (Å²) in [5.74, 6) is 1.16. The minimum absolute atomic E-state index is 0. The summed E-state index contributed by atoms with van der Waals surface area (Å²) in [6.07, 6.45) is 1.67. The van der Waals surface area contributed by atoms with Crippen molar-refractivity contribution in [1.82, 2.24) is 14.9 Å². The zero-order valence-electron chi connectivity index (χ0n) is 13.2. The Hall–Kier alpha value is -2.05. The number of rotatable bonds is 3. The van der Waals surface area contributed by atoms with Gasteiger partial charge in [0.15, 0.2) is 0 Å². The van der Waals surface area contributed by atoms with Crippen LogP contribution >= 0.6 is 24.0 Å². The van der Waals surface area contributed by atoms with Crippen molar-refractivity contribution in [3.05, 3.63) is 47.1 Å². The van der Waals surface area contributed by atoms with Gasteiger partial charge < -0.3 is 14.5 Å². The number of nitrogens with zero attached hydrogens (tertiary/aromatic N) is 4. The van der Waals surface area contributed by atoms with Crippen molar-refractivity contribution < 1.29 is 9.53 Å². The largest absolute Gasteiger partial charge is 0.481 e. The highest BCUT2D eigenvalue weighted by atomic mass is 35.5. The lowest BCUT2D eigenvalue weighted by atomic mass is 10.2. The van der Waals surface area contributed by atoms with Crippen molar-refractivity contribution in [2.45, 2.75) is 0 Å². The van der Waals surface area contributed by atoms with Crippen LogP contribution in [0.3, 0.4) is 0 Å². The van der Waals surface area contributed by atoms with E-state index in [-0.39, 0.29) is 18.3 Å². The molecule has 0 spiro atoms. The van der Waals surface area contributed by atoms with Crippen molar-refractivity contribution in [3.63, 3.8) is 0 Å². The maximum absolute atomic E-state index is 12.5. The smallest absolute Gasteiger partial charge is 0.254 e. The third-order valence-corrected chi connectivity index (χ3v) is 3.98. The molecule has 2 aromatic rings. The van der Waals surface area contributed by atoms with Crippen LogP contribution in [0.2, 0.25) is 5.02 Å². The normalized spacial score (nSPS) is 14.1. The lowest BCUT2D eigenvalue weighted by Crippen LogP contribution is -2.49. The zero-order valence-corrected chi connectivity index (χ0v) is 14.8. The predicted octanol–water partition coefficient (Wildman–Crippen LogP) is 2.52. The molecule has 0 bridgehead atoms. The van der Waals surface area contributed by atoms with Crippen LogP contribution in [-0.2, 0) is 0 Å². The molecule has 2 heterocycles. The number of anilines is 1. The Kier molecular flexibility index (Phi) is 6.23. The van der Waals surface area contributed by atoms with Gasteiger partial charge in [-0.05, 0) is 18.2 Å². The fourth-order valence-electron chi connectivity index (χ4n) is 2.51. The molecule has 0 radical (unpaired) electrons. The van der Waals surface area contributed by atoms with Crippen molar-refractivity contribution in [2.24, 2.45) is 0 Å². The number of ether oxygens (including phenoxy) is 1. The van der Waals surface area contributed by atoms with Gasteiger partial charge in [-0.15, -0.1) is 12.4 Å². The number of carbonyl (C=O) groups is 1. The molecule has 0 aliphatic carbocycles. The van der Waals surface area contributed by atoms with E-state index in [1.165, 1.54) is 0 Å². The first-order valence-electron chi connectivity index (χ1n) is 7.34. The highest BCUT2D eigenvalue weighted by molar-refractivity contribution is 6.30. The molecule has 0 N–H and O–H groups in total. The van der Waals surface area contributed by atoms with Crippen molar-refractivity contribution in [2.75, 3.05) is 38.2 Å². The molecule has 1 aromatic carbocycles. The molecule has 0 atom stereocenters. The van der Waals surface area contributed by atoms with Crippen LogP contribution in [0, 0.1) is 0 Å². The van der Waals surface area contributed by atoms with Gasteiger partial charge >= 0.3 is 0 Å². The highest BCUT2D eigenvalue weighted by Gasteiger charge is 2.23. The minimum atomic E-state index is -0.00119. The number of methoxy groups -OCH3 is 1. The lowest BCUT2D eigenvalue weighted by molar-refractivity contribution is 0.0746. The van der Waals surface area contributed by atoms with Crippen LogP contribution < -0.4 is 9.64 Å². The molecule has 24 heavy (non-hydrogen) atoms.